The van der Waals surface area contributed by atoms with Gasteiger partial charge in [-0.05, 0) is 24.3 Å². The number of halogens is 3. The van der Waals surface area contributed by atoms with Crippen molar-refractivity contribution in [3.8, 4) is 11.5 Å². The fourth-order valence-electron chi connectivity index (χ4n) is 1.93. The number of hydrogen-bond acceptors (Lipinski definition) is 4. The van der Waals surface area contributed by atoms with E-state index in [4.69, 9.17) is 9.47 Å². The third-order valence-electron chi connectivity index (χ3n) is 3.10. The lowest BCUT2D eigenvalue weighted by Crippen LogP contribution is -2.25. The van der Waals surface area contributed by atoms with E-state index in [2.05, 4.69) is 5.32 Å². The largest absolute Gasteiger partial charge is 0.493 e. The fourth-order valence-corrected chi connectivity index (χ4v) is 1.93. The molecule has 0 saturated heterocycles. The Morgan fingerprint density at radius 1 is 1.08 bits per heavy atom. The van der Waals surface area contributed by atoms with Gasteiger partial charge in [0.05, 0.1) is 14.2 Å². The van der Waals surface area contributed by atoms with E-state index < -0.39 is 28.9 Å². The molecule has 0 aliphatic heterocycles. The van der Waals surface area contributed by atoms with Crippen LogP contribution < -0.4 is 20.3 Å². The Balaban J connectivity index is 2.26. The normalized spacial score (nSPS) is 11.0. The molecule has 24 heavy (non-hydrogen) atoms. The van der Waals surface area contributed by atoms with Crippen LogP contribution in [0, 0.1) is 0 Å². The van der Waals surface area contributed by atoms with Gasteiger partial charge in [0.15, 0.2) is 11.5 Å². The van der Waals surface area contributed by atoms with Crippen molar-refractivity contribution in [2.24, 2.45) is 0 Å². The SMILES string of the molecule is COc1ccc(NC(=O)c2ccc(C(F)(F)F)[nH]c2=O)cc1OC. The summed E-state index contributed by atoms with van der Waals surface area (Å²) < 4.78 is 47.6. The van der Waals surface area contributed by atoms with Crippen molar-refractivity contribution >= 4 is 11.6 Å². The number of hydrogen-bond donors (Lipinski definition) is 2. The summed E-state index contributed by atoms with van der Waals surface area (Å²) in [7, 11) is 2.85. The topological polar surface area (TPSA) is 80.4 Å². The minimum Gasteiger partial charge on any atom is -0.493 e. The molecular weight excluding hydrogens is 329 g/mol. The maximum atomic E-state index is 12.5. The number of methoxy groups -OCH3 is 2. The third-order valence-corrected chi connectivity index (χ3v) is 3.10. The number of rotatable bonds is 4. The number of benzene rings is 1. The maximum Gasteiger partial charge on any atom is 0.431 e. The number of nitrogens with one attached hydrogen (secondary N) is 2. The van der Waals surface area contributed by atoms with E-state index in [-0.39, 0.29) is 5.69 Å². The summed E-state index contributed by atoms with van der Waals surface area (Å²) in [6, 6.07) is 5.93. The smallest absolute Gasteiger partial charge is 0.431 e. The Labute approximate surface area is 134 Å². The van der Waals surface area contributed by atoms with Crippen LogP contribution in [-0.4, -0.2) is 25.1 Å². The molecule has 1 aromatic heterocycles. The number of carbonyl (C=O) groups excluding carboxylic acids is 1. The van der Waals surface area contributed by atoms with Gasteiger partial charge in [0.2, 0.25) is 0 Å². The van der Waals surface area contributed by atoms with Gasteiger partial charge in [-0.1, -0.05) is 0 Å². The van der Waals surface area contributed by atoms with Crippen LogP contribution in [0.15, 0.2) is 35.1 Å². The quantitative estimate of drug-likeness (QED) is 0.895. The maximum absolute atomic E-state index is 12.5. The van der Waals surface area contributed by atoms with Gasteiger partial charge in [-0.3, -0.25) is 9.59 Å². The van der Waals surface area contributed by atoms with Crippen LogP contribution in [-0.2, 0) is 6.18 Å². The molecule has 2 aromatic rings. The lowest BCUT2D eigenvalue weighted by atomic mass is 10.2. The zero-order valence-corrected chi connectivity index (χ0v) is 12.7. The van der Waals surface area contributed by atoms with E-state index in [0.717, 1.165) is 6.07 Å². The Kier molecular flexibility index (Phi) is 4.82. The first-order chi connectivity index (χ1) is 11.3. The molecule has 0 saturated carbocycles. The molecule has 0 aliphatic carbocycles. The highest BCUT2D eigenvalue weighted by atomic mass is 19.4. The van der Waals surface area contributed by atoms with Crippen molar-refractivity contribution in [3.05, 3.63) is 51.9 Å². The van der Waals surface area contributed by atoms with Gasteiger partial charge >= 0.3 is 6.18 Å². The van der Waals surface area contributed by atoms with Crippen molar-refractivity contribution in [2.75, 3.05) is 19.5 Å². The van der Waals surface area contributed by atoms with Gasteiger partial charge in [0.25, 0.3) is 11.5 Å². The zero-order chi connectivity index (χ0) is 17.9. The number of anilines is 1. The predicted octanol–water partition coefficient (Wildman–Crippen LogP) is 2.66. The van der Waals surface area contributed by atoms with Crippen molar-refractivity contribution in [2.45, 2.75) is 6.18 Å². The first kappa shape index (κ1) is 17.4. The second-order valence-electron chi connectivity index (χ2n) is 4.64. The van der Waals surface area contributed by atoms with Gasteiger partial charge < -0.3 is 19.8 Å². The average Bonchev–Trinajstić information content (AvgIpc) is 2.53. The first-order valence-electron chi connectivity index (χ1n) is 6.60. The lowest BCUT2D eigenvalue weighted by Gasteiger charge is -2.11. The molecule has 1 amide bonds. The lowest BCUT2D eigenvalue weighted by molar-refractivity contribution is -0.141. The van der Waals surface area contributed by atoms with Crippen LogP contribution in [0.1, 0.15) is 16.1 Å². The van der Waals surface area contributed by atoms with E-state index >= 15 is 0 Å². The van der Waals surface area contributed by atoms with Crippen molar-refractivity contribution in [1.82, 2.24) is 4.98 Å². The van der Waals surface area contributed by atoms with E-state index in [1.54, 1.807) is 4.98 Å². The summed E-state index contributed by atoms with van der Waals surface area (Å²) in [4.78, 5) is 25.4. The molecule has 0 bridgehead atoms. The van der Waals surface area contributed by atoms with Gasteiger partial charge in [-0.2, -0.15) is 13.2 Å². The summed E-state index contributed by atoms with van der Waals surface area (Å²) in [6.45, 7) is 0. The van der Waals surface area contributed by atoms with Crippen LogP contribution in [0.4, 0.5) is 18.9 Å². The Bertz CT molecular complexity index is 815. The van der Waals surface area contributed by atoms with Crippen LogP contribution in [0.2, 0.25) is 0 Å². The molecule has 6 nitrogen and oxygen atoms in total. The highest BCUT2D eigenvalue weighted by Crippen LogP contribution is 2.30. The molecule has 0 aliphatic rings. The molecule has 0 radical (unpaired) electrons. The number of alkyl halides is 3. The highest BCUT2D eigenvalue weighted by Gasteiger charge is 2.32. The highest BCUT2D eigenvalue weighted by molar-refractivity contribution is 6.04. The van der Waals surface area contributed by atoms with E-state index in [9.17, 15) is 22.8 Å². The summed E-state index contributed by atoms with van der Waals surface area (Å²) >= 11 is 0. The number of ether oxygens (including phenoxy) is 2. The summed E-state index contributed by atoms with van der Waals surface area (Å²) in [5, 5.41) is 2.41. The van der Waals surface area contributed by atoms with Crippen LogP contribution in [0.5, 0.6) is 11.5 Å². The molecule has 1 heterocycles. The molecule has 128 valence electrons. The zero-order valence-electron chi connectivity index (χ0n) is 12.7. The van der Waals surface area contributed by atoms with Gasteiger partial charge in [-0.15, -0.1) is 0 Å². The predicted molar refractivity (Wildman–Crippen MR) is 79.6 cm³/mol. The number of aromatic amines is 1. The molecular formula is C15H13F3N2O4. The van der Waals surface area contributed by atoms with Gasteiger partial charge in [0.1, 0.15) is 11.3 Å². The first-order valence-corrected chi connectivity index (χ1v) is 6.60. The molecule has 0 unspecified atom stereocenters. The molecule has 0 atom stereocenters. The molecule has 2 rings (SSSR count). The monoisotopic (exact) mass is 342 g/mol. The molecule has 0 fully saturated rings. The van der Waals surface area contributed by atoms with Crippen molar-refractivity contribution in [3.63, 3.8) is 0 Å². The Morgan fingerprint density at radius 3 is 2.29 bits per heavy atom. The van der Waals surface area contributed by atoms with E-state index in [1.807, 2.05) is 0 Å². The van der Waals surface area contributed by atoms with Gasteiger partial charge in [-0.25, -0.2) is 0 Å². The van der Waals surface area contributed by atoms with Gasteiger partial charge in [0, 0.05) is 11.8 Å². The fraction of sp³-hybridized carbons (Fsp3) is 0.200. The second-order valence-corrected chi connectivity index (χ2v) is 4.64. The summed E-state index contributed by atoms with van der Waals surface area (Å²) in [5.41, 5.74) is -2.52. The van der Waals surface area contributed by atoms with Crippen LogP contribution in [0.25, 0.3) is 0 Å². The van der Waals surface area contributed by atoms with E-state index in [0.29, 0.717) is 17.6 Å². The summed E-state index contributed by atoms with van der Waals surface area (Å²) in [6.07, 6.45) is -4.70. The molecule has 0 spiro atoms. The average molecular weight is 342 g/mol. The van der Waals surface area contributed by atoms with Crippen molar-refractivity contribution < 1.29 is 27.4 Å². The number of amides is 1. The van der Waals surface area contributed by atoms with Crippen LogP contribution in [0.3, 0.4) is 0 Å². The Morgan fingerprint density at radius 2 is 1.75 bits per heavy atom. The second kappa shape index (κ2) is 6.65. The van der Waals surface area contributed by atoms with Crippen molar-refractivity contribution in [1.29, 1.82) is 0 Å². The minimum absolute atomic E-state index is 0.289. The summed E-state index contributed by atoms with van der Waals surface area (Å²) in [5.74, 6) is -0.0725. The number of H-pyrrole nitrogens is 1. The number of aromatic nitrogens is 1. The van der Waals surface area contributed by atoms with Crippen LogP contribution >= 0.6 is 0 Å². The minimum atomic E-state index is -4.70. The standard InChI is InChI=1S/C15H13F3N2O4/c1-23-10-5-3-8(7-11(10)24-2)19-13(21)9-4-6-12(15(16,17)18)20-14(9)22/h3-7H,1-2H3,(H,19,21)(H,20,22). The molecule has 1 aromatic carbocycles. The number of carbonyl (C=O) groups is 1. The molecule has 9 heteroatoms. The molecule has 2 N–H and O–H groups in total. The number of pyridine rings is 1. The third kappa shape index (κ3) is 3.67. The van der Waals surface area contributed by atoms with E-state index in [1.165, 1.54) is 32.4 Å². The Hall–Kier alpha value is -2.97.